The summed E-state index contributed by atoms with van der Waals surface area (Å²) in [5, 5.41) is 1.92. The van der Waals surface area contributed by atoms with Crippen molar-refractivity contribution in [2.24, 2.45) is 11.8 Å². The zero-order valence-corrected chi connectivity index (χ0v) is 14.0. The van der Waals surface area contributed by atoms with Gasteiger partial charge in [-0.2, -0.15) is 23.5 Å². The van der Waals surface area contributed by atoms with Crippen LogP contribution in [0.15, 0.2) is 0 Å². The van der Waals surface area contributed by atoms with E-state index in [4.69, 9.17) is 0 Å². The van der Waals surface area contributed by atoms with Gasteiger partial charge in [0.1, 0.15) is 0 Å². The summed E-state index contributed by atoms with van der Waals surface area (Å²) in [4.78, 5) is 0. The lowest BCUT2D eigenvalue weighted by Crippen LogP contribution is -2.37. The molecular formula is C17H29S2. The first-order chi connectivity index (χ1) is 9.36. The van der Waals surface area contributed by atoms with Crippen LogP contribution < -0.4 is 0 Å². The molecule has 1 aliphatic carbocycles. The number of thioether (sulfide) groups is 2. The van der Waals surface area contributed by atoms with Crippen molar-refractivity contribution in [1.82, 2.24) is 0 Å². The zero-order valence-electron chi connectivity index (χ0n) is 12.4. The molecule has 0 N–H and O–H groups in total. The number of hydrogen-bond donors (Lipinski definition) is 0. The monoisotopic (exact) mass is 297 g/mol. The first-order valence-electron chi connectivity index (χ1n) is 8.45. The fraction of sp³-hybridized carbons (Fsp3) is 0.941. The molecule has 0 nitrogen and oxygen atoms in total. The average Bonchev–Trinajstić information content (AvgIpc) is 2.49. The predicted octanol–water partition coefficient (Wildman–Crippen LogP) is 5.57. The van der Waals surface area contributed by atoms with Gasteiger partial charge in [-0.1, -0.05) is 26.2 Å². The largest absolute Gasteiger partial charge is 0.158 e. The number of hydrogen-bond acceptors (Lipinski definition) is 2. The summed E-state index contributed by atoms with van der Waals surface area (Å²) < 4.78 is 0. The van der Waals surface area contributed by atoms with Crippen LogP contribution in [0.25, 0.3) is 0 Å². The Morgan fingerprint density at radius 2 is 1.63 bits per heavy atom. The van der Waals surface area contributed by atoms with Crippen LogP contribution in [-0.4, -0.2) is 22.0 Å². The fourth-order valence-electron chi connectivity index (χ4n) is 4.39. The Kier molecular flexibility index (Phi) is 5.48. The van der Waals surface area contributed by atoms with E-state index in [2.05, 4.69) is 30.4 Å². The van der Waals surface area contributed by atoms with Gasteiger partial charge >= 0.3 is 0 Å². The Balaban J connectivity index is 1.62. The molecule has 2 heteroatoms. The Labute approximate surface area is 128 Å². The SMILES string of the molecule is CC1[C](C2CCCCS2)CCCC1C1CCCCS1. The molecule has 2 aliphatic heterocycles. The predicted molar refractivity (Wildman–Crippen MR) is 89.9 cm³/mol. The van der Waals surface area contributed by atoms with Crippen LogP contribution in [0.4, 0.5) is 0 Å². The van der Waals surface area contributed by atoms with Crippen molar-refractivity contribution in [3.63, 3.8) is 0 Å². The number of rotatable bonds is 2. The van der Waals surface area contributed by atoms with Crippen LogP contribution >= 0.6 is 23.5 Å². The highest BCUT2D eigenvalue weighted by molar-refractivity contribution is 8.00. The molecule has 0 aromatic carbocycles. The molecule has 0 bridgehead atoms. The molecule has 3 fully saturated rings. The van der Waals surface area contributed by atoms with E-state index in [9.17, 15) is 0 Å². The lowest BCUT2D eigenvalue weighted by molar-refractivity contribution is 0.256. The lowest BCUT2D eigenvalue weighted by atomic mass is 9.69. The van der Waals surface area contributed by atoms with Crippen molar-refractivity contribution in [3.8, 4) is 0 Å². The van der Waals surface area contributed by atoms with E-state index in [1.807, 2.05) is 5.92 Å². The van der Waals surface area contributed by atoms with E-state index in [0.29, 0.717) is 0 Å². The highest BCUT2D eigenvalue weighted by Crippen LogP contribution is 2.49. The quantitative estimate of drug-likeness (QED) is 0.653. The van der Waals surface area contributed by atoms with Crippen LogP contribution in [0.5, 0.6) is 0 Å². The van der Waals surface area contributed by atoms with E-state index in [0.717, 1.165) is 22.3 Å². The molecule has 1 saturated carbocycles. The van der Waals surface area contributed by atoms with Gasteiger partial charge in [0, 0.05) is 10.5 Å². The van der Waals surface area contributed by atoms with Crippen molar-refractivity contribution in [3.05, 3.63) is 5.92 Å². The molecule has 4 atom stereocenters. The van der Waals surface area contributed by atoms with Crippen molar-refractivity contribution in [2.45, 2.75) is 75.2 Å². The van der Waals surface area contributed by atoms with Crippen molar-refractivity contribution in [2.75, 3.05) is 11.5 Å². The topological polar surface area (TPSA) is 0 Å². The van der Waals surface area contributed by atoms with Crippen LogP contribution in [0.1, 0.15) is 64.7 Å². The standard InChI is InChI=1S/C17H29S2/c1-13-14(16-9-2-4-11-18-16)7-6-8-15(13)17-10-3-5-12-19-17/h13-14,16-17H,2-12H2,1H3. The minimum atomic E-state index is 0.917. The molecule has 1 radical (unpaired) electrons. The fourth-order valence-corrected chi connectivity index (χ4v) is 7.55. The third-order valence-corrected chi connectivity index (χ3v) is 8.52. The first-order valence-corrected chi connectivity index (χ1v) is 10.5. The molecule has 0 aromatic heterocycles. The second-order valence-electron chi connectivity index (χ2n) is 6.68. The summed E-state index contributed by atoms with van der Waals surface area (Å²) in [7, 11) is 0. The summed E-state index contributed by atoms with van der Waals surface area (Å²) in [6, 6.07) is 0. The van der Waals surface area contributed by atoms with Crippen LogP contribution in [0, 0.1) is 17.8 Å². The van der Waals surface area contributed by atoms with Gasteiger partial charge in [-0.05, 0) is 67.8 Å². The minimum Gasteiger partial charge on any atom is -0.158 e. The van der Waals surface area contributed by atoms with E-state index >= 15 is 0 Å². The second kappa shape index (κ2) is 7.11. The Bertz CT molecular complexity index is 240. The maximum Gasteiger partial charge on any atom is 0.0112 e. The van der Waals surface area contributed by atoms with Crippen LogP contribution in [0.2, 0.25) is 0 Å². The third-order valence-electron chi connectivity index (χ3n) is 5.52. The molecule has 3 aliphatic rings. The maximum atomic E-state index is 2.57. The Morgan fingerprint density at radius 1 is 0.842 bits per heavy atom. The maximum absolute atomic E-state index is 2.57. The molecular weight excluding hydrogens is 268 g/mol. The van der Waals surface area contributed by atoms with E-state index in [1.54, 1.807) is 0 Å². The molecule has 0 aromatic rings. The highest BCUT2D eigenvalue weighted by Gasteiger charge is 2.39. The second-order valence-corrected chi connectivity index (χ2v) is 9.34. The van der Waals surface area contributed by atoms with Gasteiger partial charge < -0.3 is 0 Å². The van der Waals surface area contributed by atoms with Crippen molar-refractivity contribution >= 4 is 23.5 Å². The van der Waals surface area contributed by atoms with E-state index in [-0.39, 0.29) is 0 Å². The van der Waals surface area contributed by atoms with Gasteiger partial charge in [0.2, 0.25) is 0 Å². The minimum absolute atomic E-state index is 0.917. The summed E-state index contributed by atoms with van der Waals surface area (Å²) in [6.07, 6.45) is 13.3. The van der Waals surface area contributed by atoms with Gasteiger partial charge in [0.15, 0.2) is 0 Å². The molecule has 0 spiro atoms. The lowest BCUT2D eigenvalue weighted by Gasteiger charge is -2.44. The average molecular weight is 298 g/mol. The van der Waals surface area contributed by atoms with Gasteiger partial charge in [0.05, 0.1) is 0 Å². The molecule has 4 unspecified atom stereocenters. The zero-order chi connectivity index (χ0) is 13.1. The Morgan fingerprint density at radius 3 is 2.32 bits per heavy atom. The van der Waals surface area contributed by atoms with Gasteiger partial charge in [-0.25, -0.2) is 0 Å². The van der Waals surface area contributed by atoms with Gasteiger partial charge in [-0.3, -0.25) is 0 Å². The summed E-state index contributed by atoms with van der Waals surface area (Å²) in [6.45, 7) is 2.57. The van der Waals surface area contributed by atoms with Gasteiger partial charge in [0.25, 0.3) is 0 Å². The van der Waals surface area contributed by atoms with Crippen LogP contribution in [-0.2, 0) is 0 Å². The Hall–Kier alpha value is 0.700. The molecule has 109 valence electrons. The summed E-state index contributed by atoms with van der Waals surface area (Å²) in [5.41, 5.74) is 0. The molecule has 3 rings (SSSR count). The normalized spacial score (nSPS) is 42.2. The van der Waals surface area contributed by atoms with Gasteiger partial charge in [-0.15, -0.1) is 0 Å². The summed E-state index contributed by atoms with van der Waals surface area (Å²) in [5.74, 6) is 6.74. The molecule has 0 amide bonds. The third kappa shape index (κ3) is 3.48. The molecule has 2 saturated heterocycles. The summed E-state index contributed by atoms with van der Waals surface area (Å²) >= 11 is 4.58. The first kappa shape index (κ1) is 14.6. The smallest absolute Gasteiger partial charge is 0.0112 e. The van der Waals surface area contributed by atoms with E-state index in [1.165, 1.54) is 69.3 Å². The highest BCUT2D eigenvalue weighted by atomic mass is 32.2. The van der Waals surface area contributed by atoms with E-state index < -0.39 is 0 Å². The van der Waals surface area contributed by atoms with Crippen molar-refractivity contribution < 1.29 is 0 Å². The molecule has 19 heavy (non-hydrogen) atoms. The molecule has 2 heterocycles. The van der Waals surface area contributed by atoms with Crippen LogP contribution in [0.3, 0.4) is 0 Å². The van der Waals surface area contributed by atoms with Crippen molar-refractivity contribution in [1.29, 1.82) is 0 Å².